The monoisotopic (exact) mass is 431 g/mol. The van der Waals surface area contributed by atoms with Gasteiger partial charge in [0.05, 0.1) is 6.07 Å². The van der Waals surface area contributed by atoms with Gasteiger partial charge in [-0.05, 0) is 79.7 Å². The molecule has 0 spiro atoms. The van der Waals surface area contributed by atoms with Gasteiger partial charge in [-0.15, -0.1) is 0 Å². The van der Waals surface area contributed by atoms with Gasteiger partial charge in [-0.25, -0.2) is 0 Å². The van der Waals surface area contributed by atoms with Crippen molar-refractivity contribution in [1.29, 1.82) is 5.26 Å². The number of unbranched alkanes of at least 4 members (excludes halogenated alkanes) is 1. The van der Waals surface area contributed by atoms with Crippen LogP contribution < -0.4 is 0 Å². The van der Waals surface area contributed by atoms with Crippen LogP contribution in [0.5, 0.6) is 0 Å². The first-order valence-electron chi connectivity index (χ1n) is 13.6. The Labute approximate surface area is 198 Å². The summed E-state index contributed by atoms with van der Waals surface area (Å²) in [6.07, 6.45) is 28.7. The van der Waals surface area contributed by atoms with E-state index in [0.29, 0.717) is 0 Å². The predicted molar refractivity (Wildman–Crippen MR) is 138 cm³/mol. The third-order valence-corrected chi connectivity index (χ3v) is 8.31. The topological polar surface area (TPSA) is 23.8 Å². The Morgan fingerprint density at radius 2 is 1.34 bits per heavy atom. The molecule has 0 aromatic heterocycles. The molecule has 2 aliphatic carbocycles. The lowest BCUT2D eigenvalue weighted by atomic mass is 9.76. The quantitative estimate of drug-likeness (QED) is 0.194. The van der Waals surface area contributed by atoms with Crippen LogP contribution in [0.25, 0.3) is 0 Å². The minimum absolute atomic E-state index is 0.817. The summed E-state index contributed by atoms with van der Waals surface area (Å²) in [7, 11) is 0. The highest BCUT2D eigenvalue weighted by atomic mass is 14.3. The molecule has 0 radical (unpaired) electrons. The van der Waals surface area contributed by atoms with Crippen molar-refractivity contribution < 1.29 is 0 Å². The normalized spacial score (nSPS) is 26.5. The third-order valence-electron chi connectivity index (χ3n) is 8.31. The first-order valence-corrected chi connectivity index (χ1v) is 13.6. The molecule has 2 aliphatic rings. The maximum atomic E-state index is 8.49. The fraction of sp³-hybridized carbons (Fsp3) is 0.645. The van der Waals surface area contributed by atoms with E-state index >= 15 is 0 Å². The van der Waals surface area contributed by atoms with Crippen molar-refractivity contribution in [3.8, 4) is 6.07 Å². The molecule has 1 heteroatoms. The summed E-state index contributed by atoms with van der Waals surface area (Å²) in [4.78, 5) is 0. The van der Waals surface area contributed by atoms with Crippen LogP contribution in [-0.2, 0) is 6.42 Å². The lowest BCUT2D eigenvalue weighted by molar-refractivity contribution is 0.244. The number of aryl methyl sites for hydroxylation is 1. The fourth-order valence-electron chi connectivity index (χ4n) is 6.09. The zero-order valence-corrected chi connectivity index (χ0v) is 20.5. The second-order valence-electron chi connectivity index (χ2n) is 10.5. The number of rotatable bonds is 11. The predicted octanol–water partition coefficient (Wildman–Crippen LogP) is 9.31. The standard InChI is InChI=1S/C31H45N/c1-2-26-17-21-30(22-18-26)31-23-19-29(20-24-31)12-8-7-11-28-15-13-27(14-16-28)10-6-4-3-5-9-25-32/h3-5,9,17-18,21-22,27-29,31H,2,6-8,10-16,19-20,23-24H2,1H3/b4-3+,9-5+. The van der Waals surface area contributed by atoms with Crippen LogP contribution in [-0.4, -0.2) is 0 Å². The molecule has 0 bridgehead atoms. The van der Waals surface area contributed by atoms with Crippen LogP contribution in [0.15, 0.2) is 48.6 Å². The largest absolute Gasteiger partial charge is 0.193 e. The number of allylic oxidation sites excluding steroid dienone is 4. The molecule has 1 aromatic carbocycles. The molecule has 0 saturated heterocycles. The van der Waals surface area contributed by atoms with Gasteiger partial charge in [0.15, 0.2) is 0 Å². The summed E-state index contributed by atoms with van der Waals surface area (Å²) < 4.78 is 0. The van der Waals surface area contributed by atoms with Crippen LogP contribution in [0.2, 0.25) is 0 Å². The van der Waals surface area contributed by atoms with Crippen LogP contribution in [0.3, 0.4) is 0 Å². The molecule has 0 atom stereocenters. The molecule has 3 rings (SSSR count). The maximum absolute atomic E-state index is 8.49. The Kier molecular flexibility index (Phi) is 11.1. The second kappa shape index (κ2) is 14.4. The van der Waals surface area contributed by atoms with E-state index in [-0.39, 0.29) is 0 Å². The van der Waals surface area contributed by atoms with Gasteiger partial charge in [-0.2, -0.15) is 5.26 Å². The molecule has 1 nitrogen and oxygen atoms in total. The molecule has 1 aromatic rings. The van der Waals surface area contributed by atoms with E-state index in [1.807, 2.05) is 18.2 Å². The Morgan fingerprint density at radius 1 is 0.781 bits per heavy atom. The fourth-order valence-corrected chi connectivity index (χ4v) is 6.09. The van der Waals surface area contributed by atoms with E-state index in [2.05, 4.69) is 37.3 Å². The van der Waals surface area contributed by atoms with E-state index < -0.39 is 0 Å². The van der Waals surface area contributed by atoms with E-state index in [0.717, 1.165) is 36.5 Å². The van der Waals surface area contributed by atoms with Crippen LogP contribution in [0.4, 0.5) is 0 Å². The first-order chi connectivity index (χ1) is 15.8. The van der Waals surface area contributed by atoms with Crippen LogP contribution in [0, 0.1) is 29.1 Å². The number of hydrogen-bond donors (Lipinski definition) is 0. The number of nitriles is 1. The number of hydrogen-bond acceptors (Lipinski definition) is 1. The third kappa shape index (κ3) is 8.61. The molecule has 174 valence electrons. The Hall–Kier alpha value is -1.81. The maximum Gasteiger partial charge on any atom is 0.0912 e. The highest BCUT2D eigenvalue weighted by Gasteiger charge is 2.23. The van der Waals surface area contributed by atoms with E-state index in [1.54, 1.807) is 11.6 Å². The SMILES string of the molecule is CCc1ccc(C2CCC(CCCCC3CCC(CC/C=C/C=C/C#N)CC3)CC2)cc1. The van der Waals surface area contributed by atoms with Crippen molar-refractivity contribution >= 4 is 0 Å². The van der Waals surface area contributed by atoms with E-state index in [9.17, 15) is 0 Å². The van der Waals surface area contributed by atoms with Gasteiger partial charge in [-0.3, -0.25) is 0 Å². The Bertz CT molecular complexity index is 719. The number of nitrogens with zero attached hydrogens (tertiary/aromatic N) is 1. The Balaban J connectivity index is 1.21. The van der Waals surface area contributed by atoms with E-state index in [1.165, 1.54) is 89.0 Å². The summed E-state index contributed by atoms with van der Waals surface area (Å²) in [5.41, 5.74) is 3.05. The highest BCUT2D eigenvalue weighted by molar-refractivity contribution is 5.25. The van der Waals surface area contributed by atoms with Gasteiger partial charge in [-0.1, -0.05) is 101 Å². The van der Waals surface area contributed by atoms with Crippen molar-refractivity contribution in [3.63, 3.8) is 0 Å². The Morgan fingerprint density at radius 3 is 1.91 bits per heavy atom. The van der Waals surface area contributed by atoms with Crippen molar-refractivity contribution in [2.45, 2.75) is 109 Å². The van der Waals surface area contributed by atoms with Gasteiger partial charge in [0.2, 0.25) is 0 Å². The van der Waals surface area contributed by atoms with Gasteiger partial charge in [0.25, 0.3) is 0 Å². The summed E-state index contributed by atoms with van der Waals surface area (Å²) in [6.45, 7) is 2.24. The van der Waals surface area contributed by atoms with Gasteiger partial charge in [0.1, 0.15) is 0 Å². The molecule has 0 unspecified atom stereocenters. The summed E-state index contributed by atoms with van der Waals surface area (Å²) in [5.74, 6) is 3.75. The second-order valence-corrected chi connectivity index (χ2v) is 10.5. The molecule has 2 fully saturated rings. The van der Waals surface area contributed by atoms with Crippen molar-refractivity contribution in [3.05, 3.63) is 59.7 Å². The van der Waals surface area contributed by atoms with Crippen LogP contribution >= 0.6 is 0 Å². The molecule has 0 N–H and O–H groups in total. The minimum Gasteiger partial charge on any atom is -0.193 e. The zero-order chi connectivity index (χ0) is 22.4. The van der Waals surface area contributed by atoms with Gasteiger partial charge >= 0.3 is 0 Å². The summed E-state index contributed by atoms with van der Waals surface area (Å²) in [5, 5.41) is 8.49. The molecular formula is C31H45N. The highest BCUT2D eigenvalue weighted by Crippen LogP contribution is 2.38. The van der Waals surface area contributed by atoms with Gasteiger partial charge in [0, 0.05) is 6.08 Å². The first kappa shape index (κ1) is 24.8. The molecular weight excluding hydrogens is 386 g/mol. The zero-order valence-electron chi connectivity index (χ0n) is 20.5. The van der Waals surface area contributed by atoms with Gasteiger partial charge < -0.3 is 0 Å². The number of benzene rings is 1. The minimum atomic E-state index is 0.817. The lowest BCUT2D eigenvalue weighted by Gasteiger charge is -2.30. The molecule has 32 heavy (non-hydrogen) atoms. The molecule has 0 heterocycles. The average Bonchev–Trinajstić information content (AvgIpc) is 2.85. The van der Waals surface area contributed by atoms with Crippen molar-refractivity contribution in [2.24, 2.45) is 17.8 Å². The molecule has 2 saturated carbocycles. The molecule has 0 aliphatic heterocycles. The van der Waals surface area contributed by atoms with Crippen molar-refractivity contribution in [2.75, 3.05) is 0 Å². The summed E-state index contributed by atoms with van der Waals surface area (Å²) in [6, 6.07) is 11.5. The van der Waals surface area contributed by atoms with Crippen molar-refractivity contribution in [1.82, 2.24) is 0 Å². The van der Waals surface area contributed by atoms with E-state index in [4.69, 9.17) is 5.26 Å². The smallest absolute Gasteiger partial charge is 0.0912 e. The van der Waals surface area contributed by atoms with Crippen LogP contribution in [0.1, 0.15) is 114 Å². The summed E-state index contributed by atoms with van der Waals surface area (Å²) >= 11 is 0. The average molecular weight is 432 g/mol. The molecule has 0 amide bonds. The lowest BCUT2D eigenvalue weighted by Crippen LogP contribution is -2.15.